The molecule has 1 atom stereocenters. The zero-order chi connectivity index (χ0) is 17.8. The Balaban J connectivity index is 0.00000243. The standard InChI is InChI=1S/C18H24ClN3O2S.ClH/c1-20-7-4-12-5-8-22(9-6-12)17(23)11-16-18(24)21-14-10-13(19)2-3-15(14)25-16;/h2-3,10,12,16,20H,4-9,11H2,1H3,(H,21,24);1H. The fourth-order valence-electron chi connectivity index (χ4n) is 3.36. The van der Waals surface area contributed by atoms with Gasteiger partial charge < -0.3 is 15.5 Å². The molecule has 144 valence electrons. The van der Waals surface area contributed by atoms with Crippen LogP contribution >= 0.6 is 35.8 Å². The number of hydrogen-bond donors (Lipinski definition) is 2. The molecule has 0 spiro atoms. The molecule has 0 radical (unpaired) electrons. The summed E-state index contributed by atoms with van der Waals surface area (Å²) in [6.45, 7) is 2.64. The molecule has 3 rings (SSSR count). The number of piperidine rings is 1. The Morgan fingerprint density at radius 1 is 1.38 bits per heavy atom. The second kappa shape index (κ2) is 9.83. The molecule has 0 aromatic heterocycles. The van der Waals surface area contributed by atoms with Gasteiger partial charge in [-0.05, 0) is 57.0 Å². The maximum Gasteiger partial charge on any atom is 0.238 e. The van der Waals surface area contributed by atoms with Crippen molar-refractivity contribution in [1.29, 1.82) is 0 Å². The minimum absolute atomic E-state index is 0. The van der Waals surface area contributed by atoms with E-state index in [9.17, 15) is 9.59 Å². The van der Waals surface area contributed by atoms with Crippen LogP contribution in [0.4, 0.5) is 5.69 Å². The van der Waals surface area contributed by atoms with Gasteiger partial charge in [0.05, 0.1) is 10.9 Å². The summed E-state index contributed by atoms with van der Waals surface area (Å²) in [6.07, 6.45) is 3.52. The first-order valence-electron chi connectivity index (χ1n) is 8.76. The van der Waals surface area contributed by atoms with E-state index in [2.05, 4.69) is 10.6 Å². The Bertz CT molecular complexity index is 651. The van der Waals surface area contributed by atoms with Gasteiger partial charge >= 0.3 is 0 Å². The van der Waals surface area contributed by atoms with Gasteiger partial charge in [0, 0.05) is 29.4 Å². The number of nitrogens with zero attached hydrogens (tertiary/aromatic N) is 1. The molecule has 0 aliphatic carbocycles. The van der Waals surface area contributed by atoms with E-state index in [1.54, 1.807) is 12.1 Å². The maximum atomic E-state index is 12.6. The van der Waals surface area contributed by atoms with Crippen molar-refractivity contribution in [1.82, 2.24) is 10.2 Å². The number of likely N-dealkylation sites (tertiary alicyclic amines) is 1. The van der Waals surface area contributed by atoms with Gasteiger partial charge in [-0.2, -0.15) is 0 Å². The number of thioether (sulfide) groups is 1. The minimum Gasteiger partial charge on any atom is -0.343 e. The molecule has 2 N–H and O–H groups in total. The number of anilines is 1. The van der Waals surface area contributed by atoms with Gasteiger partial charge in [0.2, 0.25) is 11.8 Å². The van der Waals surface area contributed by atoms with Crippen LogP contribution in [0.3, 0.4) is 0 Å². The summed E-state index contributed by atoms with van der Waals surface area (Å²) in [4.78, 5) is 27.8. The second-order valence-corrected chi connectivity index (χ2v) is 8.34. The van der Waals surface area contributed by atoms with Crippen molar-refractivity contribution < 1.29 is 9.59 Å². The average molecular weight is 418 g/mol. The molecular weight excluding hydrogens is 393 g/mol. The van der Waals surface area contributed by atoms with E-state index >= 15 is 0 Å². The number of amides is 2. The Kier molecular flexibility index (Phi) is 8.07. The number of halogens is 2. The molecule has 2 aliphatic heterocycles. The van der Waals surface area contributed by atoms with Crippen LogP contribution in [0.25, 0.3) is 0 Å². The van der Waals surface area contributed by atoms with Crippen LogP contribution in [0.5, 0.6) is 0 Å². The van der Waals surface area contributed by atoms with Crippen LogP contribution in [-0.2, 0) is 9.59 Å². The number of benzene rings is 1. The molecule has 0 saturated carbocycles. The summed E-state index contributed by atoms with van der Waals surface area (Å²) in [6, 6.07) is 5.45. The Morgan fingerprint density at radius 2 is 2.12 bits per heavy atom. The highest BCUT2D eigenvalue weighted by Crippen LogP contribution is 2.38. The summed E-state index contributed by atoms with van der Waals surface area (Å²) in [5, 5.41) is 6.27. The highest BCUT2D eigenvalue weighted by atomic mass is 35.5. The van der Waals surface area contributed by atoms with Crippen LogP contribution < -0.4 is 10.6 Å². The lowest BCUT2D eigenvalue weighted by Crippen LogP contribution is -2.41. The first-order chi connectivity index (χ1) is 12.1. The van der Waals surface area contributed by atoms with Crippen LogP contribution in [0.15, 0.2) is 23.1 Å². The van der Waals surface area contributed by atoms with Gasteiger partial charge in [-0.1, -0.05) is 11.6 Å². The molecule has 1 fully saturated rings. The molecular formula is C18H25Cl2N3O2S. The van der Waals surface area contributed by atoms with E-state index in [1.165, 1.54) is 18.2 Å². The van der Waals surface area contributed by atoms with Gasteiger partial charge in [-0.15, -0.1) is 24.2 Å². The number of carbonyl (C=O) groups is 2. The van der Waals surface area contributed by atoms with Gasteiger partial charge in [-0.3, -0.25) is 9.59 Å². The number of hydrogen-bond acceptors (Lipinski definition) is 4. The summed E-state index contributed by atoms with van der Waals surface area (Å²) in [5.74, 6) is 0.662. The summed E-state index contributed by atoms with van der Waals surface area (Å²) >= 11 is 7.42. The van der Waals surface area contributed by atoms with Crippen LogP contribution in [0.2, 0.25) is 5.02 Å². The Hall–Kier alpha value is -0.950. The number of nitrogens with one attached hydrogen (secondary N) is 2. The second-order valence-electron chi connectivity index (χ2n) is 6.66. The first kappa shape index (κ1) is 21.4. The lowest BCUT2D eigenvalue weighted by atomic mass is 9.93. The van der Waals surface area contributed by atoms with E-state index in [1.807, 2.05) is 18.0 Å². The average Bonchev–Trinajstić information content (AvgIpc) is 2.61. The van der Waals surface area contributed by atoms with Crippen molar-refractivity contribution in [2.45, 2.75) is 35.8 Å². The zero-order valence-electron chi connectivity index (χ0n) is 14.8. The predicted molar refractivity (Wildman–Crippen MR) is 109 cm³/mol. The summed E-state index contributed by atoms with van der Waals surface area (Å²) in [5.41, 5.74) is 0.733. The van der Waals surface area contributed by atoms with Crippen LogP contribution in [-0.4, -0.2) is 48.6 Å². The quantitative estimate of drug-likeness (QED) is 0.770. The van der Waals surface area contributed by atoms with Gasteiger partial charge in [0.25, 0.3) is 0 Å². The fourth-order valence-corrected chi connectivity index (χ4v) is 4.62. The van der Waals surface area contributed by atoms with Gasteiger partial charge in [0.1, 0.15) is 0 Å². The van der Waals surface area contributed by atoms with E-state index in [-0.39, 0.29) is 35.9 Å². The first-order valence-corrected chi connectivity index (χ1v) is 10.0. The van der Waals surface area contributed by atoms with Crippen LogP contribution in [0.1, 0.15) is 25.7 Å². The molecule has 1 aromatic rings. The molecule has 26 heavy (non-hydrogen) atoms. The van der Waals surface area contributed by atoms with E-state index in [0.29, 0.717) is 10.9 Å². The van der Waals surface area contributed by atoms with Crippen molar-refractivity contribution in [3.63, 3.8) is 0 Å². The van der Waals surface area contributed by atoms with Crippen molar-refractivity contribution in [2.24, 2.45) is 5.92 Å². The van der Waals surface area contributed by atoms with Crippen LogP contribution in [0, 0.1) is 5.92 Å². The molecule has 0 bridgehead atoms. The van der Waals surface area contributed by atoms with Crippen molar-refractivity contribution in [2.75, 3.05) is 32.0 Å². The third-order valence-electron chi connectivity index (χ3n) is 4.89. The molecule has 5 nitrogen and oxygen atoms in total. The molecule has 1 unspecified atom stereocenters. The highest BCUT2D eigenvalue weighted by molar-refractivity contribution is 8.01. The van der Waals surface area contributed by atoms with Gasteiger partial charge in [0.15, 0.2) is 0 Å². The monoisotopic (exact) mass is 417 g/mol. The van der Waals surface area contributed by atoms with E-state index in [0.717, 1.165) is 43.1 Å². The SMILES string of the molecule is CNCCC1CCN(C(=O)CC2Sc3ccc(Cl)cc3NC2=O)CC1.Cl. The molecule has 1 aromatic carbocycles. The number of rotatable bonds is 5. The molecule has 1 saturated heterocycles. The molecule has 8 heteroatoms. The predicted octanol–water partition coefficient (Wildman–Crippen LogP) is 3.41. The Labute approximate surface area is 170 Å². The molecule has 2 aliphatic rings. The smallest absolute Gasteiger partial charge is 0.238 e. The number of carbonyl (C=O) groups excluding carboxylic acids is 2. The summed E-state index contributed by atoms with van der Waals surface area (Å²) < 4.78 is 0. The van der Waals surface area contributed by atoms with Crippen molar-refractivity contribution >= 4 is 53.3 Å². The van der Waals surface area contributed by atoms with E-state index < -0.39 is 0 Å². The lowest BCUT2D eigenvalue weighted by Gasteiger charge is -2.33. The normalized spacial score (nSPS) is 20.2. The molecule has 2 amide bonds. The minimum atomic E-state index is -0.372. The topological polar surface area (TPSA) is 61.4 Å². The highest BCUT2D eigenvalue weighted by Gasteiger charge is 2.31. The third-order valence-corrected chi connectivity index (χ3v) is 6.40. The lowest BCUT2D eigenvalue weighted by molar-refractivity contribution is -0.133. The summed E-state index contributed by atoms with van der Waals surface area (Å²) in [7, 11) is 1.97. The number of fused-ring (bicyclic) bond motifs is 1. The zero-order valence-corrected chi connectivity index (χ0v) is 17.2. The molecule has 2 heterocycles. The van der Waals surface area contributed by atoms with Crippen molar-refractivity contribution in [3.8, 4) is 0 Å². The van der Waals surface area contributed by atoms with E-state index in [4.69, 9.17) is 11.6 Å². The Morgan fingerprint density at radius 3 is 2.81 bits per heavy atom. The largest absolute Gasteiger partial charge is 0.343 e. The third kappa shape index (κ3) is 5.28. The maximum absolute atomic E-state index is 12.6. The fraction of sp³-hybridized carbons (Fsp3) is 0.556. The van der Waals surface area contributed by atoms with Crippen molar-refractivity contribution in [3.05, 3.63) is 23.2 Å². The van der Waals surface area contributed by atoms with Gasteiger partial charge in [-0.25, -0.2) is 0 Å².